The van der Waals surface area contributed by atoms with Crippen LogP contribution >= 0.6 is 0 Å². The third kappa shape index (κ3) is 4.05. The number of ether oxygens (including phenoxy) is 2. The SMILES string of the molecule is CNS(=O)(=O)c1ccc(Nc2nc(C)nc3c2ncn3[C@@H]2O[C@H](COC)C(O)C2O)cc1. The molecule has 4 atom stereocenters. The molecule has 0 saturated carbocycles. The molecule has 1 saturated heterocycles. The minimum absolute atomic E-state index is 0.126. The van der Waals surface area contributed by atoms with E-state index >= 15 is 0 Å². The second-order valence-corrected chi connectivity index (χ2v) is 9.19. The number of hydrogen-bond donors (Lipinski definition) is 4. The van der Waals surface area contributed by atoms with Gasteiger partial charge < -0.3 is 25.0 Å². The molecular formula is C19H24N6O6S. The lowest BCUT2D eigenvalue weighted by atomic mass is 10.1. The van der Waals surface area contributed by atoms with Gasteiger partial charge in [0, 0.05) is 12.8 Å². The number of benzene rings is 1. The first-order valence-electron chi connectivity index (χ1n) is 9.77. The summed E-state index contributed by atoms with van der Waals surface area (Å²) in [5, 5.41) is 23.9. The number of rotatable bonds is 7. The summed E-state index contributed by atoms with van der Waals surface area (Å²) >= 11 is 0. The summed E-state index contributed by atoms with van der Waals surface area (Å²) in [6.45, 7) is 1.83. The van der Waals surface area contributed by atoms with Crippen molar-refractivity contribution in [2.24, 2.45) is 0 Å². The van der Waals surface area contributed by atoms with Crippen molar-refractivity contribution in [3.8, 4) is 0 Å². The van der Waals surface area contributed by atoms with Crippen molar-refractivity contribution in [1.82, 2.24) is 24.2 Å². The number of imidazole rings is 1. The summed E-state index contributed by atoms with van der Waals surface area (Å²) in [6.07, 6.45) is -2.44. The molecule has 2 aromatic heterocycles. The van der Waals surface area contributed by atoms with E-state index in [1.165, 1.54) is 32.6 Å². The number of anilines is 2. The van der Waals surface area contributed by atoms with Crippen LogP contribution in [0.5, 0.6) is 0 Å². The van der Waals surface area contributed by atoms with Gasteiger partial charge in [0.1, 0.15) is 24.1 Å². The normalized spacial score (nSPS) is 23.7. The summed E-state index contributed by atoms with van der Waals surface area (Å²) in [5.41, 5.74) is 1.42. The molecule has 3 heterocycles. The zero-order valence-corrected chi connectivity index (χ0v) is 18.4. The number of sulfonamides is 1. The molecular weight excluding hydrogens is 440 g/mol. The van der Waals surface area contributed by atoms with Gasteiger partial charge in [-0.15, -0.1) is 0 Å². The standard InChI is InChI=1S/C19H24N6O6S/c1-10-22-17(24-11-4-6-12(7-5-11)32(28,29)20-2)14-18(23-10)25(9-21-14)19-16(27)15(26)13(31-19)8-30-3/h4-7,9,13,15-16,19-20,26-27H,8H2,1-3H3,(H,22,23,24)/t13-,15?,16?,19-/m1/s1. The Morgan fingerprint density at radius 2 is 1.91 bits per heavy atom. The number of aromatic nitrogens is 4. The maximum Gasteiger partial charge on any atom is 0.240 e. The quantitative estimate of drug-likeness (QED) is 0.376. The number of nitrogens with zero attached hydrogens (tertiary/aromatic N) is 4. The van der Waals surface area contributed by atoms with E-state index in [0.29, 0.717) is 28.5 Å². The molecule has 1 aliphatic heterocycles. The zero-order valence-electron chi connectivity index (χ0n) is 17.6. The average molecular weight is 465 g/mol. The number of aryl methyl sites for hydroxylation is 1. The van der Waals surface area contributed by atoms with Gasteiger partial charge >= 0.3 is 0 Å². The van der Waals surface area contributed by atoms with Gasteiger partial charge in [0.25, 0.3) is 0 Å². The number of fused-ring (bicyclic) bond motifs is 1. The van der Waals surface area contributed by atoms with E-state index in [9.17, 15) is 18.6 Å². The molecule has 0 amide bonds. The Morgan fingerprint density at radius 1 is 1.19 bits per heavy atom. The second-order valence-electron chi connectivity index (χ2n) is 7.30. The predicted molar refractivity (Wildman–Crippen MR) is 114 cm³/mol. The van der Waals surface area contributed by atoms with E-state index in [2.05, 4.69) is 25.0 Å². The van der Waals surface area contributed by atoms with E-state index in [-0.39, 0.29) is 11.5 Å². The molecule has 0 radical (unpaired) electrons. The summed E-state index contributed by atoms with van der Waals surface area (Å²) in [4.78, 5) is 13.3. The van der Waals surface area contributed by atoms with Crippen LogP contribution in [0.15, 0.2) is 35.5 Å². The van der Waals surface area contributed by atoms with Crippen molar-refractivity contribution < 1.29 is 28.1 Å². The first kappa shape index (κ1) is 22.5. The van der Waals surface area contributed by atoms with Gasteiger partial charge in [0.05, 0.1) is 17.8 Å². The maximum atomic E-state index is 11.9. The molecule has 1 fully saturated rings. The van der Waals surface area contributed by atoms with Crippen LogP contribution in [-0.2, 0) is 19.5 Å². The predicted octanol–water partition coefficient (Wildman–Crippen LogP) is 0.0520. The Morgan fingerprint density at radius 3 is 2.56 bits per heavy atom. The Kier molecular flexibility index (Phi) is 6.11. The monoisotopic (exact) mass is 464 g/mol. The highest BCUT2D eigenvalue weighted by Crippen LogP contribution is 2.33. The zero-order chi connectivity index (χ0) is 23.0. The Balaban J connectivity index is 1.66. The minimum Gasteiger partial charge on any atom is -0.387 e. The van der Waals surface area contributed by atoms with Gasteiger partial charge in [-0.05, 0) is 38.2 Å². The van der Waals surface area contributed by atoms with Crippen molar-refractivity contribution in [1.29, 1.82) is 0 Å². The van der Waals surface area contributed by atoms with Crippen LogP contribution < -0.4 is 10.0 Å². The third-order valence-corrected chi connectivity index (χ3v) is 6.60. The molecule has 0 bridgehead atoms. The van der Waals surface area contributed by atoms with Crippen LogP contribution in [-0.4, -0.2) is 77.2 Å². The molecule has 4 N–H and O–H groups in total. The first-order chi connectivity index (χ1) is 15.2. The van der Waals surface area contributed by atoms with Gasteiger partial charge in [-0.2, -0.15) is 0 Å². The van der Waals surface area contributed by atoms with E-state index in [4.69, 9.17) is 9.47 Å². The van der Waals surface area contributed by atoms with E-state index < -0.39 is 34.6 Å². The number of aliphatic hydroxyl groups excluding tert-OH is 2. The summed E-state index contributed by atoms with van der Waals surface area (Å²) in [5.74, 6) is 0.842. The summed E-state index contributed by atoms with van der Waals surface area (Å²) in [6, 6.07) is 6.16. The van der Waals surface area contributed by atoms with Crippen molar-refractivity contribution in [3.05, 3.63) is 36.4 Å². The lowest BCUT2D eigenvalue weighted by Gasteiger charge is -2.17. The second kappa shape index (κ2) is 8.69. The Bertz CT molecular complexity index is 1220. The van der Waals surface area contributed by atoms with E-state index in [1.807, 2.05) is 0 Å². The lowest BCUT2D eigenvalue weighted by Crippen LogP contribution is -2.33. The molecule has 13 heteroatoms. The van der Waals surface area contributed by atoms with Gasteiger partial charge in [0.2, 0.25) is 10.0 Å². The van der Waals surface area contributed by atoms with Crippen molar-refractivity contribution in [3.63, 3.8) is 0 Å². The number of methoxy groups -OCH3 is 1. The Labute approximate surface area is 184 Å². The van der Waals surface area contributed by atoms with Crippen LogP contribution in [0.3, 0.4) is 0 Å². The van der Waals surface area contributed by atoms with Gasteiger partial charge in [0.15, 0.2) is 23.2 Å². The fourth-order valence-corrected chi connectivity index (χ4v) is 4.26. The minimum atomic E-state index is -3.54. The highest BCUT2D eigenvalue weighted by molar-refractivity contribution is 7.89. The lowest BCUT2D eigenvalue weighted by molar-refractivity contribution is -0.0580. The van der Waals surface area contributed by atoms with Crippen molar-refractivity contribution >= 4 is 32.7 Å². The third-order valence-electron chi connectivity index (χ3n) is 5.17. The molecule has 2 unspecified atom stereocenters. The molecule has 3 aromatic rings. The smallest absolute Gasteiger partial charge is 0.240 e. The highest BCUT2D eigenvalue weighted by Gasteiger charge is 2.44. The fourth-order valence-electron chi connectivity index (χ4n) is 3.53. The maximum absolute atomic E-state index is 11.9. The van der Waals surface area contributed by atoms with Crippen LogP contribution in [0, 0.1) is 6.92 Å². The average Bonchev–Trinajstić information content (AvgIpc) is 3.30. The topological polar surface area (TPSA) is 161 Å². The molecule has 172 valence electrons. The highest BCUT2D eigenvalue weighted by atomic mass is 32.2. The molecule has 4 rings (SSSR count). The van der Waals surface area contributed by atoms with Gasteiger partial charge in [-0.3, -0.25) is 4.57 Å². The van der Waals surface area contributed by atoms with E-state index in [1.54, 1.807) is 23.6 Å². The number of nitrogens with one attached hydrogen (secondary N) is 2. The van der Waals surface area contributed by atoms with Crippen LogP contribution in [0.4, 0.5) is 11.5 Å². The largest absolute Gasteiger partial charge is 0.387 e. The molecule has 32 heavy (non-hydrogen) atoms. The van der Waals surface area contributed by atoms with Gasteiger partial charge in [-0.25, -0.2) is 28.1 Å². The number of aliphatic hydroxyl groups is 2. The number of hydrogen-bond acceptors (Lipinski definition) is 10. The van der Waals surface area contributed by atoms with Gasteiger partial charge in [-0.1, -0.05) is 0 Å². The molecule has 1 aromatic carbocycles. The van der Waals surface area contributed by atoms with Crippen LogP contribution in [0.1, 0.15) is 12.1 Å². The molecule has 0 spiro atoms. The van der Waals surface area contributed by atoms with Crippen LogP contribution in [0.2, 0.25) is 0 Å². The van der Waals surface area contributed by atoms with E-state index in [0.717, 1.165) is 0 Å². The molecule has 0 aliphatic carbocycles. The summed E-state index contributed by atoms with van der Waals surface area (Å²) in [7, 11) is -0.709. The molecule has 12 nitrogen and oxygen atoms in total. The fraction of sp³-hybridized carbons (Fsp3) is 0.421. The van der Waals surface area contributed by atoms with Crippen LogP contribution in [0.25, 0.3) is 11.2 Å². The summed E-state index contributed by atoms with van der Waals surface area (Å²) < 4.78 is 38.5. The Hall–Kier alpha value is -2.68. The first-order valence-corrected chi connectivity index (χ1v) is 11.3. The van der Waals surface area contributed by atoms with Crippen molar-refractivity contribution in [2.45, 2.75) is 36.4 Å². The molecule has 1 aliphatic rings. The van der Waals surface area contributed by atoms with Crippen molar-refractivity contribution in [2.75, 3.05) is 26.1 Å².